The molecule has 0 aliphatic carbocycles. The molecular formula is C24H28N2O. The van der Waals surface area contributed by atoms with E-state index in [0.717, 1.165) is 31.4 Å². The van der Waals surface area contributed by atoms with E-state index in [4.69, 9.17) is 0 Å². The van der Waals surface area contributed by atoms with Crippen LogP contribution in [0.1, 0.15) is 48.3 Å². The smallest absolute Gasteiger partial charge is 0.134 e. The van der Waals surface area contributed by atoms with Gasteiger partial charge in [0, 0.05) is 35.9 Å². The van der Waals surface area contributed by atoms with E-state index in [2.05, 4.69) is 65.9 Å². The summed E-state index contributed by atoms with van der Waals surface area (Å²) in [6.45, 7) is 4.20. The Labute approximate surface area is 161 Å². The minimum absolute atomic E-state index is 0.107. The number of carbonyl (C=O) groups excluding carboxylic acids is 1. The van der Waals surface area contributed by atoms with Crippen molar-refractivity contribution in [2.24, 2.45) is 5.92 Å². The maximum Gasteiger partial charge on any atom is 0.134 e. The van der Waals surface area contributed by atoms with Gasteiger partial charge in [0.15, 0.2) is 0 Å². The van der Waals surface area contributed by atoms with Crippen LogP contribution in [0.5, 0.6) is 0 Å². The van der Waals surface area contributed by atoms with E-state index in [9.17, 15) is 4.79 Å². The van der Waals surface area contributed by atoms with Crippen LogP contribution in [0.3, 0.4) is 0 Å². The van der Waals surface area contributed by atoms with Crippen molar-refractivity contribution >= 4 is 16.7 Å². The Morgan fingerprint density at radius 2 is 1.93 bits per heavy atom. The maximum absolute atomic E-state index is 13.0. The molecule has 1 unspecified atom stereocenters. The van der Waals surface area contributed by atoms with E-state index in [1.54, 1.807) is 0 Å². The molecule has 27 heavy (non-hydrogen) atoms. The van der Waals surface area contributed by atoms with E-state index in [1.807, 2.05) is 6.07 Å². The normalized spacial score (nSPS) is 16.5. The largest absolute Gasteiger partial charge is 0.361 e. The fraction of sp³-hybridized carbons (Fsp3) is 0.375. The van der Waals surface area contributed by atoms with Crippen LogP contribution in [0.2, 0.25) is 0 Å². The predicted octanol–water partition coefficient (Wildman–Crippen LogP) is 4.96. The number of benzene rings is 2. The monoisotopic (exact) mass is 360 g/mol. The topological polar surface area (TPSA) is 44.9 Å². The number of para-hydroxylation sites is 1. The van der Waals surface area contributed by atoms with Crippen LogP contribution in [-0.2, 0) is 4.79 Å². The van der Waals surface area contributed by atoms with Crippen LogP contribution in [-0.4, -0.2) is 23.9 Å². The Morgan fingerprint density at radius 1 is 1.11 bits per heavy atom. The van der Waals surface area contributed by atoms with Crippen LogP contribution in [0, 0.1) is 12.8 Å². The molecule has 2 heterocycles. The number of aromatic nitrogens is 1. The van der Waals surface area contributed by atoms with Gasteiger partial charge >= 0.3 is 0 Å². The molecule has 0 bridgehead atoms. The third kappa shape index (κ3) is 4.14. The van der Waals surface area contributed by atoms with Crippen LogP contribution in [0.4, 0.5) is 0 Å². The summed E-state index contributed by atoms with van der Waals surface area (Å²) >= 11 is 0. The molecule has 0 saturated carbocycles. The summed E-state index contributed by atoms with van der Waals surface area (Å²) in [5.41, 5.74) is 4.84. The number of carbonyl (C=O) groups is 1. The first-order valence-electron chi connectivity index (χ1n) is 10.1. The molecule has 1 fully saturated rings. The molecule has 1 atom stereocenters. The molecule has 2 N–H and O–H groups in total. The average molecular weight is 361 g/mol. The van der Waals surface area contributed by atoms with Gasteiger partial charge in [-0.1, -0.05) is 48.0 Å². The van der Waals surface area contributed by atoms with Crippen LogP contribution in [0.25, 0.3) is 10.9 Å². The number of H-pyrrole nitrogens is 1. The first kappa shape index (κ1) is 18.0. The van der Waals surface area contributed by atoms with Crippen molar-refractivity contribution in [2.75, 3.05) is 13.1 Å². The summed E-state index contributed by atoms with van der Waals surface area (Å²) in [5, 5.41) is 4.61. The summed E-state index contributed by atoms with van der Waals surface area (Å²) < 4.78 is 0. The van der Waals surface area contributed by atoms with Crippen LogP contribution in [0.15, 0.2) is 54.7 Å². The molecule has 1 aliphatic heterocycles. The van der Waals surface area contributed by atoms with Gasteiger partial charge in [0.05, 0.1) is 0 Å². The van der Waals surface area contributed by atoms with Crippen molar-refractivity contribution in [3.8, 4) is 0 Å². The fourth-order valence-corrected chi connectivity index (χ4v) is 4.40. The number of hydrogen-bond acceptors (Lipinski definition) is 2. The van der Waals surface area contributed by atoms with E-state index >= 15 is 0 Å². The van der Waals surface area contributed by atoms with E-state index in [1.165, 1.54) is 22.1 Å². The Balaban J connectivity index is 1.63. The number of aromatic amines is 1. The molecule has 0 amide bonds. The Hall–Kier alpha value is -2.39. The molecule has 3 nitrogen and oxygen atoms in total. The number of Topliss-reactive ketones (excluding diaryl/α,β-unsaturated/α-hetero) is 1. The Morgan fingerprint density at radius 3 is 2.74 bits per heavy atom. The maximum atomic E-state index is 13.0. The molecule has 1 saturated heterocycles. The zero-order valence-electron chi connectivity index (χ0n) is 16.0. The molecule has 140 valence electrons. The number of hydrogen-bond donors (Lipinski definition) is 2. The Bertz CT molecular complexity index is 921. The summed E-state index contributed by atoms with van der Waals surface area (Å²) in [7, 11) is 0. The highest BCUT2D eigenvalue weighted by molar-refractivity contribution is 5.86. The van der Waals surface area contributed by atoms with Crippen molar-refractivity contribution in [3.63, 3.8) is 0 Å². The second-order valence-corrected chi connectivity index (χ2v) is 7.90. The van der Waals surface area contributed by atoms with Crippen molar-refractivity contribution < 1.29 is 4.79 Å². The summed E-state index contributed by atoms with van der Waals surface area (Å²) in [6.07, 6.45) is 5.62. The van der Waals surface area contributed by atoms with Gasteiger partial charge in [0.1, 0.15) is 5.78 Å². The van der Waals surface area contributed by atoms with E-state index < -0.39 is 0 Å². The highest BCUT2D eigenvalue weighted by atomic mass is 16.1. The lowest BCUT2D eigenvalue weighted by atomic mass is 9.83. The van der Waals surface area contributed by atoms with Gasteiger partial charge in [0.25, 0.3) is 0 Å². The zero-order chi connectivity index (χ0) is 18.6. The van der Waals surface area contributed by atoms with Gasteiger partial charge in [-0.15, -0.1) is 0 Å². The molecule has 2 aromatic carbocycles. The average Bonchev–Trinajstić information content (AvgIpc) is 3.11. The van der Waals surface area contributed by atoms with Gasteiger partial charge in [-0.3, -0.25) is 4.79 Å². The van der Waals surface area contributed by atoms with Crippen LogP contribution >= 0.6 is 0 Å². The van der Waals surface area contributed by atoms with Gasteiger partial charge in [0.2, 0.25) is 0 Å². The second kappa shape index (κ2) is 8.10. The quantitative estimate of drug-likeness (QED) is 0.653. The van der Waals surface area contributed by atoms with Gasteiger partial charge < -0.3 is 10.3 Å². The van der Waals surface area contributed by atoms with Crippen molar-refractivity contribution in [2.45, 2.75) is 38.5 Å². The highest BCUT2D eigenvalue weighted by Gasteiger charge is 2.24. The fourth-order valence-electron chi connectivity index (χ4n) is 4.40. The molecule has 0 spiro atoms. The highest BCUT2D eigenvalue weighted by Crippen LogP contribution is 2.35. The number of fused-ring (bicyclic) bond motifs is 1. The number of piperidine rings is 1. The Kier molecular flexibility index (Phi) is 5.40. The number of rotatable bonds is 6. The lowest BCUT2D eigenvalue weighted by Gasteiger charge is -2.23. The lowest BCUT2D eigenvalue weighted by Crippen LogP contribution is -2.29. The third-order valence-electron chi connectivity index (χ3n) is 5.85. The van der Waals surface area contributed by atoms with Crippen molar-refractivity contribution in [1.82, 2.24) is 10.3 Å². The minimum atomic E-state index is 0.107. The number of nitrogens with one attached hydrogen (secondary N) is 2. The number of ketones is 1. The summed E-state index contributed by atoms with van der Waals surface area (Å²) in [4.78, 5) is 16.4. The summed E-state index contributed by atoms with van der Waals surface area (Å²) in [5.74, 6) is 1.04. The molecular weight excluding hydrogens is 332 g/mol. The lowest BCUT2D eigenvalue weighted by molar-refractivity contribution is -0.120. The first-order valence-corrected chi connectivity index (χ1v) is 10.1. The van der Waals surface area contributed by atoms with Gasteiger partial charge in [-0.05, 0) is 56.0 Å². The van der Waals surface area contributed by atoms with Crippen LogP contribution < -0.4 is 5.32 Å². The standard InChI is InChI=1S/C24H28N2O/c1-17-5-4-6-19(13-17)22(15-20(27)14-18-9-11-25-12-10-18)23-16-26-24-8-3-2-7-21(23)24/h2-8,13,16,18,22,25-26H,9-12,14-15H2,1H3. The van der Waals surface area contributed by atoms with Crippen molar-refractivity contribution in [3.05, 3.63) is 71.4 Å². The van der Waals surface area contributed by atoms with Gasteiger partial charge in [-0.25, -0.2) is 0 Å². The predicted molar refractivity (Wildman–Crippen MR) is 111 cm³/mol. The molecule has 3 aromatic rings. The first-order chi connectivity index (χ1) is 13.2. The minimum Gasteiger partial charge on any atom is -0.361 e. The second-order valence-electron chi connectivity index (χ2n) is 7.90. The number of aryl methyl sites for hydroxylation is 1. The van der Waals surface area contributed by atoms with E-state index in [-0.39, 0.29) is 5.92 Å². The van der Waals surface area contributed by atoms with Gasteiger partial charge in [-0.2, -0.15) is 0 Å². The van der Waals surface area contributed by atoms with E-state index in [0.29, 0.717) is 24.5 Å². The molecule has 3 heteroatoms. The zero-order valence-corrected chi connectivity index (χ0v) is 16.0. The SMILES string of the molecule is Cc1cccc(C(CC(=O)CC2CCNCC2)c2c[nH]c3ccccc23)c1. The molecule has 4 rings (SSSR count). The van der Waals surface area contributed by atoms with Crippen molar-refractivity contribution in [1.29, 1.82) is 0 Å². The molecule has 1 aliphatic rings. The molecule has 1 aromatic heterocycles. The molecule has 0 radical (unpaired) electrons. The summed E-state index contributed by atoms with van der Waals surface area (Å²) in [6, 6.07) is 17.0. The third-order valence-corrected chi connectivity index (χ3v) is 5.85.